The van der Waals surface area contributed by atoms with E-state index in [1.807, 2.05) is 0 Å². The molecule has 45 heavy (non-hydrogen) atoms. The Bertz CT molecular complexity index is 2000. The van der Waals surface area contributed by atoms with Crippen LogP contribution < -0.4 is 20.1 Å². The van der Waals surface area contributed by atoms with E-state index in [1.165, 1.54) is 68.8 Å². The van der Waals surface area contributed by atoms with Gasteiger partial charge >= 0.3 is 16.1 Å². The van der Waals surface area contributed by atoms with Gasteiger partial charge in [0.25, 0.3) is 10.1 Å². The molecule has 234 valence electrons. The number of thiol groups is 1. The fourth-order valence-electron chi connectivity index (χ4n) is 3.65. The number of amides is 2. The van der Waals surface area contributed by atoms with Gasteiger partial charge in [0, 0.05) is 12.1 Å². The van der Waals surface area contributed by atoms with Gasteiger partial charge in [-0.25, -0.2) is 4.79 Å². The quantitative estimate of drug-likeness (QED) is 0.0560. The molecule has 0 atom stereocenters. The summed E-state index contributed by atoms with van der Waals surface area (Å²) in [6.07, 6.45) is 0. The Balaban J connectivity index is 1.44. The maximum absolute atomic E-state index is 12.8. The van der Waals surface area contributed by atoms with Crippen LogP contribution in [0, 0.1) is 0 Å². The van der Waals surface area contributed by atoms with Gasteiger partial charge in [0.15, 0.2) is 0 Å². The normalized spacial score (nSPS) is 11.9. The van der Waals surface area contributed by atoms with Crippen LogP contribution in [-0.4, -0.2) is 41.6 Å². The molecule has 0 aromatic heterocycles. The van der Waals surface area contributed by atoms with E-state index in [0.29, 0.717) is 22.7 Å². The van der Waals surface area contributed by atoms with Crippen molar-refractivity contribution in [2.24, 2.45) is 20.5 Å². The number of carbonyl (C=O) groups is 1. The van der Waals surface area contributed by atoms with Gasteiger partial charge in [-0.2, -0.15) is 40.9 Å². The monoisotopic (exact) mass is 672 g/mol. The lowest BCUT2D eigenvalue weighted by Gasteiger charge is -2.13. The second kappa shape index (κ2) is 14.3. The van der Waals surface area contributed by atoms with E-state index >= 15 is 0 Å². The Labute approximate surface area is 263 Å². The largest absolute Gasteiger partial charge is 0.494 e. The fraction of sp³-hybridized carbons (Fsp3) is 0.0741. The molecule has 0 spiro atoms. The molecule has 0 saturated heterocycles. The summed E-state index contributed by atoms with van der Waals surface area (Å²) in [4.78, 5) is 12.3. The van der Waals surface area contributed by atoms with Gasteiger partial charge in [-0.05, 0) is 73.6 Å². The van der Waals surface area contributed by atoms with Crippen LogP contribution in [0.4, 0.5) is 38.9 Å². The van der Waals surface area contributed by atoms with Crippen molar-refractivity contribution in [2.75, 3.05) is 24.9 Å². The highest BCUT2D eigenvalue weighted by atomic mass is 32.3. The maximum Gasteiger partial charge on any atom is 0.323 e. The summed E-state index contributed by atoms with van der Waals surface area (Å²) in [5.74, 6) is 0.524. The standard InChI is InChI=1S/C27H24N6O9S3/c1-40-25-15-19(32-30-17-5-3-7-21(13-17)44(35,36)37)9-11-23(25)28-27(34)29-24-12-10-20(16-26(24)41-2)33-31-18-6-4-8-22(14-18)45(38,39)42-43/h3-16,43H,1-2H3,(H2,28,29,34)(H,35,36,37)/b32-30+,33-31+. The first-order valence-electron chi connectivity index (χ1n) is 12.4. The van der Waals surface area contributed by atoms with Crippen LogP contribution in [-0.2, 0) is 23.9 Å². The number of carbonyl (C=O) groups excluding carboxylic acids is 1. The molecule has 15 nitrogen and oxygen atoms in total. The van der Waals surface area contributed by atoms with E-state index in [4.69, 9.17) is 9.47 Å². The van der Waals surface area contributed by atoms with E-state index in [1.54, 1.807) is 24.3 Å². The van der Waals surface area contributed by atoms with Gasteiger partial charge in [0.05, 0.1) is 58.1 Å². The predicted molar refractivity (Wildman–Crippen MR) is 167 cm³/mol. The molecule has 0 heterocycles. The van der Waals surface area contributed by atoms with Gasteiger partial charge in [0.1, 0.15) is 11.5 Å². The van der Waals surface area contributed by atoms with Crippen molar-refractivity contribution in [3.63, 3.8) is 0 Å². The zero-order valence-electron chi connectivity index (χ0n) is 23.3. The highest BCUT2D eigenvalue weighted by molar-refractivity contribution is 7.95. The Morgan fingerprint density at radius 3 is 1.51 bits per heavy atom. The molecule has 0 radical (unpaired) electrons. The Kier molecular flexibility index (Phi) is 10.5. The molecular formula is C27H24N6O9S3. The number of urea groups is 1. The predicted octanol–water partition coefficient (Wildman–Crippen LogP) is 6.98. The lowest BCUT2D eigenvalue weighted by molar-refractivity contribution is 0.262. The molecule has 4 rings (SSSR count). The van der Waals surface area contributed by atoms with Crippen LogP contribution in [0.5, 0.6) is 11.5 Å². The van der Waals surface area contributed by atoms with Crippen LogP contribution in [0.25, 0.3) is 0 Å². The zero-order chi connectivity index (χ0) is 32.6. The summed E-state index contributed by atoms with van der Waals surface area (Å²) >= 11 is 3.36. The van der Waals surface area contributed by atoms with Gasteiger partial charge in [-0.3, -0.25) is 4.55 Å². The van der Waals surface area contributed by atoms with Gasteiger partial charge in [-0.15, -0.1) is 0 Å². The van der Waals surface area contributed by atoms with Crippen molar-refractivity contribution in [3.8, 4) is 11.5 Å². The molecule has 3 N–H and O–H groups in total. The topological polar surface area (TPSA) is 207 Å². The third-order valence-corrected chi connectivity index (χ3v) is 8.21. The first-order valence-corrected chi connectivity index (χ1v) is 15.7. The minimum atomic E-state index is -4.39. The Morgan fingerprint density at radius 2 is 1.09 bits per heavy atom. The molecule has 0 fully saturated rings. The third-order valence-electron chi connectivity index (χ3n) is 5.75. The van der Waals surface area contributed by atoms with Crippen LogP contribution in [0.1, 0.15) is 0 Å². The molecule has 4 aromatic carbocycles. The lowest BCUT2D eigenvalue weighted by atomic mass is 10.2. The van der Waals surface area contributed by atoms with E-state index < -0.39 is 26.3 Å². The average Bonchev–Trinajstić information content (AvgIpc) is 3.03. The summed E-state index contributed by atoms with van der Waals surface area (Å²) in [5.41, 5.74) is 1.74. The van der Waals surface area contributed by atoms with Crippen molar-refractivity contribution in [3.05, 3.63) is 84.9 Å². The maximum atomic E-state index is 12.8. The molecule has 4 aromatic rings. The molecule has 2 amide bonds. The average molecular weight is 673 g/mol. The molecule has 18 heteroatoms. The van der Waals surface area contributed by atoms with Crippen molar-refractivity contribution >= 4 is 73.3 Å². The van der Waals surface area contributed by atoms with Crippen molar-refractivity contribution in [1.82, 2.24) is 0 Å². The molecule has 0 bridgehead atoms. The van der Waals surface area contributed by atoms with Crippen molar-refractivity contribution in [1.29, 1.82) is 0 Å². The van der Waals surface area contributed by atoms with Gasteiger partial charge < -0.3 is 20.1 Å². The number of rotatable bonds is 11. The number of benzene rings is 4. The molecule has 0 aliphatic carbocycles. The number of azo groups is 2. The highest BCUT2D eigenvalue weighted by Gasteiger charge is 2.15. The first-order chi connectivity index (χ1) is 21.4. The van der Waals surface area contributed by atoms with Crippen molar-refractivity contribution in [2.45, 2.75) is 9.79 Å². The highest BCUT2D eigenvalue weighted by Crippen LogP contribution is 2.33. The number of nitrogens with one attached hydrogen (secondary N) is 2. The lowest BCUT2D eigenvalue weighted by Crippen LogP contribution is -2.20. The molecule has 0 aliphatic heterocycles. The molecule has 0 unspecified atom stereocenters. The van der Waals surface area contributed by atoms with Crippen LogP contribution in [0.3, 0.4) is 0 Å². The number of methoxy groups -OCH3 is 2. The summed E-state index contributed by atoms with van der Waals surface area (Å²) in [7, 11) is -5.62. The smallest absolute Gasteiger partial charge is 0.323 e. The Morgan fingerprint density at radius 1 is 0.667 bits per heavy atom. The van der Waals surface area contributed by atoms with Crippen LogP contribution >= 0.6 is 12.9 Å². The number of anilines is 2. The van der Waals surface area contributed by atoms with Crippen LogP contribution in [0.2, 0.25) is 0 Å². The molecule has 0 aliphatic rings. The number of nitrogens with zero attached hydrogens (tertiary/aromatic N) is 4. The van der Waals surface area contributed by atoms with E-state index in [9.17, 15) is 26.2 Å². The number of hydrogen-bond acceptors (Lipinski definition) is 13. The van der Waals surface area contributed by atoms with Crippen molar-refractivity contribution < 1.29 is 39.3 Å². The van der Waals surface area contributed by atoms with Crippen LogP contribution in [0.15, 0.2) is 115 Å². The minimum absolute atomic E-state index is 0.142. The van der Waals surface area contributed by atoms with E-state index in [0.717, 1.165) is 6.07 Å². The van der Waals surface area contributed by atoms with E-state index in [-0.39, 0.29) is 32.7 Å². The number of hydrogen-bond donors (Lipinski definition) is 4. The minimum Gasteiger partial charge on any atom is -0.494 e. The second-order valence-electron chi connectivity index (χ2n) is 8.75. The Hall–Kier alpha value is -4.88. The summed E-state index contributed by atoms with van der Waals surface area (Å²) in [6, 6.07) is 19.5. The first kappa shape index (κ1) is 33.0. The fourth-order valence-corrected chi connectivity index (χ4v) is 5.02. The second-order valence-corrected chi connectivity index (χ2v) is 12.1. The third kappa shape index (κ3) is 8.83. The SMILES string of the molecule is COc1cc(/N=N/c2cccc(S(=O)(=O)O)c2)ccc1NC(=O)Nc1ccc(/N=N/c2cccc(S(=O)(=O)OS)c2)cc1OC. The van der Waals surface area contributed by atoms with Gasteiger partial charge in [-0.1, -0.05) is 12.1 Å². The molecule has 0 saturated carbocycles. The summed E-state index contributed by atoms with van der Waals surface area (Å²) in [6.45, 7) is 0. The summed E-state index contributed by atoms with van der Waals surface area (Å²) < 4.78 is 70.5. The van der Waals surface area contributed by atoms with Gasteiger partial charge in [0.2, 0.25) is 0 Å². The summed E-state index contributed by atoms with van der Waals surface area (Å²) in [5, 5.41) is 21.5. The molecular weight excluding hydrogens is 649 g/mol. The number of ether oxygens (including phenoxy) is 2. The zero-order valence-corrected chi connectivity index (χ0v) is 25.9. The van der Waals surface area contributed by atoms with E-state index in [2.05, 4.69) is 47.6 Å².